The van der Waals surface area contributed by atoms with Crippen LogP contribution in [0.2, 0.25) is 5.02 Å². The predicted molar refractivity (Wildman–Crippen MR) is 79.2 cm³/mol. The second-order valence-corrected chi connectivity index (χ2v) is 7.67. The fourth-order valence-electron chi connectivity index (χ4n) is 1.65. The van der Waals surface area contributed by atoms with E-state index in [9.17, 15) is 8.42 Å². The largest absolute Gasteiger partial charge is 0.377 e. The molecule has 0 spiro atoms. The lowest BCUT2D eigenvalue weighted by atomic mass is 10.2. The number of ether oxygens (including phenoxy) is 1. The van der Waals surface area contributed by atoms with Gasteiger partial charge >= 0.3 is 0 Å². The minimum atomic E-state index is -3.33. The molecule has 0 aromatic heterocycles. The zero-order valence-corrected chi connectivity index (χ0v) is 13.0. The minimum Gasteiger partial charge on any atom is -0.377 e. The van der Waals surface area contributed by atoms with Gasteiger partial charge in [0.15, 0.2) is 0 Å². The van der Waals surface area contributed by atoms with Crippen LogP contribution in [0.3, 0.4) is 0 Å². The van der Waals surface area contributed by atoms with Crippen LogP contribution in [-0.2, 0) is 20.4 Å². The lowest BCUT2D eigenvalue weighted by Crippen LogP contribution is -1.98. The van der Waals surface area contributed by atoms with Crippen LogP contribution in [0.5, 0.6) is 0 Å². The molecule has 0 unspecified atom stereocenters. The smallest absolute Gasteiger partial charge is 0.232 e. The molecular formula is C13H18Cl2O3S. The maximum atomic E-state index is 10.7. The van der Waals surface area contributed by atoms with E-state index in [2.05, 4.69) is 0 Å². The summed E-state index contributed by atoms with van der Waals surface area (Å²) >= 11 is 5.86. The molecule has 0 heterocycles. The van der Waals surface area contributed by atoms with E-state index in [1.807, 2.05) is 24.3 Å². The van der Waals surface area contributed by atoms with Crippen molar-refractivity contribution in [2.75, 3.05) is 12.4 Å². The summed E-state index contributed by atoms with van der Waals surface area (Å²) in [5.41, 5.74) is 1.06. The second kappa shape index (κ2) is 8.80. The molecule has 0 radical (unpaired) electrons. The first-order chi connectivity index (χ1) is 8.97. The monoisotopic (exact) mass is 324 g/mol. The average molecular weight is 325 g/mol. The van der Waals surface area contributed by atoms with E-state index in [0.29, 0.717) is 24.7 Å². The molecule has 0 saturated carbocycles. The van der Waals surface area contributed by atoms with Gasteiger partial charge in [-0.2, -0.15) is 0 Å². The lowest BCUT2D eigenvalue weighted by Gasteiger charge is -2.04. The molecule has 0 fully saturated rings. The SMILES string of the molecule is O=S(=O)(Cl)CCCCCCOCc1cccc(Cl)c1. The summed E-state index contributed by atoms with van der Waals surface area (Å²) in [6.45, 7) is 1.22. The molecule has 0 atom stereocenters. The normalized spacial score (nSPS) is 11.7. The lowest BCUT2D eigenvalue weighted by molar-refractivity contribution is 0.117. The van der Waals surface area contributed by atoms with Crippen molar-refractivity contribution in [1.29, 1.82) is 0 Å². The first-order valence-electron chi connectivity index (χ1n) is 6.22. The molecule has 108 valence electrons. The van der Waals surface area contributed by atoms with Gasteiger partial charge in [0, 0.05) is 22.3 Å². The fraction of sp³-hybridized carbons (Fsp3) is 0.538. The van der Waals surface area contributed by atoms with Crippen molar-refractivity contribution < 1.29 is 13.2 Å². The minimum absolute atomic E-state index is 0.0535. The topological polar surface area (TPSA) is 43.4 Å². The quantitative estimate of drug-likeness (QED) is 0.509. The number of benzene rings is 1. The molecule has 0 saturated heterocycles. The molecular weight excluding hydrogens is 307 g/mol. The molecule has 1 aromatic rings. The van der Waals surface area contributed by atoms with Crippen molar-refractivity contribution in [2.45, 2.75) is 32.3 Å². The van der Waals surface area contributed by atoms with E-state index in [4.69, 9.17) is 27.0 Å². The van der Waals surface area contributed by atoms with Crippen LogP contribution in [0, 0.1) is 0 Å². The highest BCUT2D eigenvalue weighted by Crippen LogP contribution is 2.12. The van der Waals surface area contributed by atoms with Crippen molar-refractivity contribution in [2.24, 2.45) is 0 Å². The number of hydrogen-bond acceptors (Lipinski definition) is 3. The third-order valence-corrected chi connectivity index (χ3v) is 4.06. The van der Waals surface area contributed by atoms with Crippen LogP contribution in [0.1, 0.15) is 31.2 Å². The van der Waals surface area contributed by atoms with E-state index in [1.165, 1.54) is 0 Å². The Morgan fingerprint density at radius 3 is 2.53 bits per heavy atom. The number of unbranched alkanes of at least 4 members (excludes halogenated alkanes) is 3. The Kier molecular flexibility index (Phi) is 7.76. The van der Waals surface area contributed by atoms with Crippen LogP contribution in [0.4, 0.5) is 0 Å². The molecule has 0 amide bonds. The summed E-state index contributed by atoms with van der Waals surface area (Å²) in [5, 5.41) is 0.711. The van der Waals surface area contributed by atoms with Gasteiger partial charge in [-0.1, -0.05) is 36.6 Å². The molecule has 0 bridgehead atoms. The third kappa shape index (κ3) is 9.27. The van der Waals surface area contributed by atoms with Gasteiger partial charge in [0.2, 0.25) is 9.05 Å². The van der Waals surface area contributed by atoms with E-state index < -0.39 is 9.05 Å². The van der Waals surface area contributed by atoms with Gasteiger partial charge in [-0.05, 0) is 30.5 Å². The van der Waals surface area contributed by atoms with Crippen LogP contribution in [0.15, 0.2) is 24.3 Å². The van der Waals surface area contributed by atoms with E-state index >= 15 is 0 Å². The molecule has 3 nitrogen and oxygen atoms in total. The fourth-order valence-corrected chi connectivity index (χ4v) is 2.74. The maximum Gasteiger partial charge on any atom is 0.232 e. The summed E-state index contributed by atoms with van der Waals surface area (Å²) < 4.78 is 26.9. The first-order valence-corrected chi connectivity index (χ1v) is 9.07. The van der Waals surface area contributed by atoms with Gasteiger partial charge in [-0.3, -0.25) is 0 Å². The Morgan fingerprint density at radius 1 is 1.11 bits per heavy atom. The number of rotatable bonds is 9. The Bertz CT molecular complexity index is 475. The zero-order valence-electron chi connectivity index (χ0n) is 10.6. The molecule has 1 aromatic carbocycles. The Morgan fingerprint density at radius 2 is 1.84 bits per heavy atom. The van der Waals surface area contributed by atoms with Crippen molar-refractivity contribution >= 4 is 31.3 Å². The standard InChI is InChI=1S/C13H18Cl2O3S/c14-13-7-5-6-12(10-13)11-18-8-3-1-2-4-9-19(15,16)17/h5-7,10H,1-4,8-9,11H2. The van der Waals surface area contributed by atoms with E-state index in [-0.39, 0.29) is 5.75 Å². The highest BCUT2D eigenvalue weighted by Gasteiger charge is 2.03. The average Bonchev–Trinajstić information content (AvgIpc) is 2.31. The van der Waals surface area contributed by atoms with Gasteiger partial charge in [-0.15, -0.1) is 0 Å². The van der Waals surface area contributed by atoms with Gasteiger partial charge in [0.1, 0.15) is 0 Å². The van der Waals surface area contributed by atoms with Crippen LogP contribution in [0.25, 0.3) is 0 Å². The van der Waals surface area contributed by atoms with Crippen molar-refractivity contribution in [1.82, 2.24) is 0 Å². The molecule has 19 heavy (non-hydrogen) atoms. The number of halogens is 2. The van der Waals surface area contributed by atoms with Crippen molar-refractivity contribution in [3.05, 3.63) is 34.9 Å². The summed E-state index contributed by atoms with van der Waals surface area (Å²) in [6.07, 6.45) is 3.33. The van der Waals surface area contributed by atoms with Crippen LogP contribution >= 0.6 is 22.3 Å². The summed E-state index contributed by atoms with van der Waals surface area (Å²) in [6, 6.07) is 7.58. The Hall–Kier alpha value is -0.290. The Balaban J connectivity index is 2.00. The zero-order chi connectivity index (χ0) is 14.1. The third-order valence-electron chi connectivity index (χ3n) is 2.58. The van der Waals surface area contributed by atoms with Gasteiger partial charge in [0.25, 0.3) is 0 Å². The summed E-state index contributed by atoms with van der Waals surface area (Å²) in [4.78, 5) is 0. The van der Waals surface area contributed by atoms with Crippen LogP contribution < -0.4 is 0 Å². The molecule has 6 heteroatoms. The van der Waals surface area contributed by atoms with Gasteiger partial charge in [0.05, 0.1) is 12.4 Å². The van der Waals surface area contributed by atoms with Crippen LogP contribution in [-0.4, -0.2) is 20.8 Å². The predicted octanol–water partition coefficient (Wildman–Crippen LogP) is 3.99. The van der Waals surface area contributed by atoms with Crippen molar-refractivity contribution in [3.63, 3.8) is 0 Å². The van der Waals surface area contributed by atoms with Gasteiger partial charge < -0.3 is 4.74 Å². The van der Waals surface area contributed by atoms with Gasteiger partial charge in [-0.25, -0.2) is 8.42 Å². The maximum absolute atomic E-state index is 10.7. The molecule has 0 aliphatic rings. The molecule has 0 aliphatic carbocycles. The summed E-state index contributed by atoms with van der Waals surface area (Å²) in [7, 11) is 1.78. The molecule has 0 aliphatic heterocycles. The molecule has 0 N–H and O–H groups in total. The first kappa shape index (κ1) is 16.8. The summed E-state index contributed by atoms with van der Waals surface area (Å²) in [5.74, 6) is 0.0535. The number of hydrogen-bond donors (Lipinski definition) is 0. The second-order valence-electron chi connectivity index (χ2n) is 4.34. The molecule has 1 rings (SSSR count). The van der Waals surface area contributed by atoms with E-state index in [0.717, 1.165) is 24.8 Å². The van der Waals surface area contributed by atoms with E-state index in [1.54, 1.807) is 0 Å². The highest BCUT2D eigenvalue weighted by molar-refractivity contribution is 8.13. The highest BCUT2D eigenvalue weighted by atomic mass is 35.7. The van der Waals surface area contributed by atoms with Crippen molar-refractivity contribution in [3.8, 4) is 0 Å². The Labute approximate surface area is 124 Å².